The molecule has 2 rings (SSSR count). The molecular weight excluding hydrogens is 194 g/mol. The van der Waals surface area contributed by atoms with Crippen molar-refractivity contribution in [3.63, 3.8) is 0 Å². The van der Waals surface area contributed by atoms with E-state index in [9.17, 15) is 0 Å². The first-order valence-electron chi connectivity index (χ1n) is 7.48. The molecule has 2 fully saturated rings. The molecule has 1 N–H and O–H groups in total. The van der Waals surface area contributed by atoms with E-state index >= 15 is 0 Å². The summed E-state index contributed by atoms with van der Waals surface area (Å²) in [5.41, 5.74) is 0.478. The molecule has 2 aliphatic rings. The van der Waals surface area contributed by atoms with E-state index in [1.807, 2.05) is 0 Å². The van der Waals surface area contributed by atoms with Gasteiger partial charge in [-0.05, 0) is 37.6 Å². The Morgan fingerprint density at radius 3 is 2.50 bits per heavy atom. The SMILES string of the molecule is CC(C)C1(CC2CCCC2)CCCCCN1. The molecule has 0 radical (unpaired) electrons. The van der Waals surface area contributed by atoms with Crippen molar-refractivity contribution in [2.24, 2.45) is 11.8 Å². The predicted molar refractivity (Wildman–Crippen MR) is 70.6 cm³/mol. The molecule has 0 spiro atoms. The van der Waals surface area contributed by atoms with Crippen molar-refractivity contribution in [1.29, 1.82) is 0 Å². The predicted octanol–water partition coefficient (Wildman–Crippen LogP) is 4.13. The zero-order valence-corrected chi connectivity index (χ0v) is 11.2. The molecule has 1 nitrogen and oxygen atoms in total. The molecule has 0 aromatic carbocycles. The highest BCUT2D eigenvalue weighted by atomic mass is 15.0. The average molecular weight is 223 g/mol. The Bertz CT molecular complexity index is 195. The lowest BCUT2D eigenvalue weighted by molar-refractivity contribution is 0.178. The second kappa shape index (κ2) is 5.53. The second-order valence-corrected chi connectivity index (χ2v) is 6.40. The van der Waals surface area contributed by atoms with Crippen molar-refractivity contribution >= 4 is 0 Å². The molecule has 1 heterocycles. The Labute approximate surface area is 101 Å². The summed E-state index contributed by atoms with van der Waals surface area (Å²) in [6.45, 7) is 6.10. The van der Waals surface area contributed by atoms with Gasteiger partial charge in [0.05, 0.1) is 0 Å². The highest BCUT2D eigenvalue weighted by Crippen LogP contribution is 2.38. The molecule has 1 aliphatic heterocycles. The van der Waals surface area contributed by atoms with Crippen LogP contribution in [0.5, 0.6) is 0 Å². The first-order chi connectivity index (χ1) is 7.73. The van der Waals surface area contributed by atoms with Gasteiger partial charge in [0.2, 0.25) is 0 Å². The molecule has 94 valence electrons. The Kier molecular flexibility index (Phi) is 4.29. The summed E-state index contributed by atoms with van der Waals surface area (Å²) in [5.74, 6) is 1.82. The van der Waals surface area contributed by atoms with Crippen LogP contribution in [0.4, 0.5) is 0 Å². The number of nitrogens with one attached hydrogen (secondary N) is 1. The van der Waals surface area contributed by atoms with E-state index in [2.05, 4.69) is 19.2 Å². The highest BCUT2D eigenvalue weighted by Gasteiger charge is 2.36. The van der Waals surface area contributed by atoms with Gasteiger partial charge in [0.25, 0.3) is 0 Å². The molecule has 1 saturated carbocycles. The van der Waals surface area contributed by atoms with Crippen LogP contribution in [0.25, 0.3) is 0 Å². The zero-order chi connectivity index (χ0) is 11.4. The summed E-state index contributed by atoms with van der Waals surface area (Å²) in [6.07, 6.45) is 13.1. The summed E-state index contributed by atoms with van der Waals surface area (Å²) in [6, 6.07) is 0. The maximum Gasteiger partial charge on any atom is 0.0207 e. The summed E-state index contributed by atoms with van der Waals surface area (Å²) in [7, 11) is 0. The molecule has 1 unspecified atom stereocenters. The fraction of sp³-hybridized carbons (Fsp3) is 1.00. The van der Waals surface area contributed by atoms with Gasteiger partial charge >= 0.3 is 0 Å². The van der Waals surface area contributed by atoms with E-state index < -0.39 is 0 Å². The second-order valence-electron chi connectivity index (χ2n) is 6.40. The minimum atomic E-state index is 0.478. The van der Waals surface area contributed by atoms with Crippen molar-refractivity contribution in [2.45, 2.75) is 77.2 Å². The normalized spacial score (nSPS) is 33.2. The van der Waals surface area contributed by atoms with E-state index in [0.717, 1.165) is 11.8 Å². The lowest BCUT2D eigenvalue weighted by Gasteiger charge is -2.40. The van der Waals surface area contributed by atoms with Crippen LogP contribution in [-0.4, -0.2) is 12.1 Å². The quantitative estimate of drug-likeness (QED) is 0.758. The van der Waals surface area contributed by atoms with E-state index in [1.165, 1.54) is 64.3 Å². The van der Waals surface area contributed by atoms with Crippen LogP contribution in [0, 0.1) is 11.8 Å². The molecular formula is C15H29N. The number of rotatable bonds is 3. The first kappa shape index (κ1) is 12.4. The molecule has 0 aromatic heterocycles. The van der Waals surface area contributed by atoms with Crippen molar-refractivity contribution in [1.82, 2.24) is 5.32 Å². The Morgan fingerprint density at radius 2 is 1.81 bits per heavy atom. The summed E-state index contributed by atoms with van der Waals surface area (Å²) < 4.78 is 0. The van der Waals surface area contributed by atoms with Crippen LogP contribution >= 0.6 is 0 Å². The van der Waals surface area contributed by atoms with Crippen LogP contribution in [0.15, 0.2) is 0 Å². The largest absolute Gasteiger partial charge is 0.311 e. The lowest BCUT2D eigenvalue weighted by atomic mass is 9.75. The van der Waals surface area contributed by atoms with E-state index in [4.69, 9.17) is 0 Å². The van der Waals surface area contributed by atoms with Crippen LogP contribution in [-0.2, 0) is 0 Å². The van der Waals surface area contributed by atoms with Gasteiger partial charge in [-0.25, -0.2) is 0 Å². The zero-order valence-electron chi connectivity index (χ0n) is 11.2. The Hall–Kier alpha value is -0.0400. The standard InChI is InChI=1S/C15H29N/c1-13(2)15(10-6-3-7-11-16-15)12-14-8-4-5-9-14/h13-14,16H,3-12H2,1-2H3. The van der Waals surface area contributed by atoms with Crippen LogP contribution in [0.3, 0.4) is 0 Å². The molecule has 16 heavy (non-hydrogen) atoms. The fourth-order valence-corrected chi connectivity index (χ4v) is 3.80. The maximum atomic E-state index is 3.92. The van der Waals surface area contributed by atoms with Crippen molar-refractivity contribution in [3.8, 4) is 0 Å². The third kappa shape index (κ3) is 2.80. The minimum absolute atomic E-state index is 0.478. The molecule has 0 bridgehead atoms. The van der Waals surface area contributed by atoms with Gasteiger partial charge < -0.3 is 5.32 Å². The van der Waals surface area contributed by atoms with Crippen molar-refractivity contribution in [3.05, 3.63) is 0 Å². The monoisotopic (exact) mass is 223 g/mol. The molecule has 0 amide bonds. The fourth-order valence-electron chi connectivity index (χ4n) is 3.80. The van der Waals surface area contributed by atoms with E-state index in [0.29, 0.717) is 5.54 Å². The van der Waals surface area contributed by atoms with Gasteiger partial charge in [-0.3, -0.25) is 0 Å². The van der Waals surface area contributed by atoms with Gasteiger partial charge in [0.1, 0.15) is 0 Å². The topological polar surface area (TPSA) is 12.0 Å². The van der Waals surface area contributed by atoms with E-state index in [-0.39, 0.29) is 0 Å². The van der Waals surface area contributed by atoms with Crippen LogP contribution < -0.4 is 5.32 Å². The van der Waals surface area contributed by atoms with Crippen molar-refractivity contribution in [2.75, 3.05) is 6.54 Å². The molecule has 1 saturated heterocycles. The number of hydrogen-bond acceptors (Lipinski definition) is 1. The molecule has 1 atom stereocenters. The first-order valence-corrected chi connectivity index (χ1v) is 7.48. The number of hydrogen-bond donors (Lipinski definition) is 1. The van der Waals surface area contributed by atoms with Gasteiger partial charge in [0, 0.05) is 5.54 Å². The van der Waals surface area contributed by atoms with E-state index in [1.54, 1.807) is 0 Å². The lowest BCUT2D eigenvalue weighted by Crippen LogP contribution is -2.50. The van der Waals surface area contributed by atoms with Crippen LogP contribution in [0.1, 0.15) is 71.6 Å². The third-order valence-electron chi connectivity index (χ3n) is 5.01. The minimum Gasteiger partial charge on any atom is -0.311 e. The van der Waals surface area contributed by atoms with Gasteiger partial charge in [-0.2, -0.15) is 0 Å². The van der Waals surface area contributed by atoms with Crippen molar-refractivity contribution < 1.29 is 0 Å². The molecule has 0 aromatic rings. The summed E-state index contributed by atoms with van der Waals surface area (Å²) in [5, 5.41) is 3.92. The summed E-state index contributed by atoms with van der Waals surface area (Å²) >= 11 is 0. The average Bonchev–Trinajstić information content (AvgIpc) is 2.62. The summed E-state index contributed by atoms with van der Waals surface area (Å²) in [4.78, 5) is 0. The Morgan fingerprint density at radius 1 is 1.06 bits per heavy atom. The van der Waals surface area contributed by atoms with Gasteiger partial charge in [-0.1, -0.05) is 52.4 Å². The molecule has 1 aliphatic carbocycles. The Balaban J connectivity index is 2.00. The smallest absolute Gasteiger partial charge is 0.0207 e. The molecule has 1 heteroatoms. The maximum absolute atomic E-state index is 3.92. The van der Waals surface area contributed by atoms with Crippen LogP contribution in [0.2, 0.25) is 0 Å². The highest BCUT2D eigenvalue weighted by molar-refractivity contribution is 4.94. The van der Waals surface area contributed by atoms with Gasteiger partial charge in [0.15, 0.2) is 0 Å². The third-order valence-corrected chi connectivity index (χ3v) is 5.01. The van der Waals surface area contributed by atoms with Gasteiger partial charge in [-0.15, -0.1) is 0 Å².